The molecule has 0 spiro atoms. The number of pyridine rings is 1. The van der Waals surface area contributed by atoms with Crippen molar-refractivity contribution in [3.63, 3.8) is 0 Å². The van der Waals surface area contributed by atoms with E-state index in [1.807, 2.05) is 25.3 Å². The molecule has 1 amide bonds. The lowest BCUT2D eigenvalue weighted by atomic mass is 10.2. The molecule has 1 saturated heterocycles. The maximum atomic E-state index is 11.6. The fraction of sp³-hybridized carbons (Fsp3) is 0.500. The second-order valence-electron chi connectivity index (χ2n) is 6.61. The highest BCUT2D eigenvalue weighted by Crippen LogP contribution is 2.15. The molecule has 2 aromatic rings. The Morgan fingerprint density at radius 2 is 1.93 bits per heavy atom. The zero-order chi connectivity index (χ0) is 20.4. The van der Waals surface area contributed by atoms with Gasteiger partial charge in [0.15, 0.2) is 11.5 Å². The molecule has 0 atom stereocenters. The maximum absolute atomic E-state index is 11.6. The number of aryl methyl sites for hydroxylation is 1. The Kier molecular flexibility index (Phi) is 8.77. The van der Waals surface area contributed by atoms with Crippen LogP contribution in [0.25, 0.3) is 0 Å². The molecule has 0 saturated carbocycles. The van der Waals surface area contributed by atoms with Crippen LogP contribution in [-0.2, 0) is 11.3 Å². The number of aromatic nitrogens is 3. The number of hydrogen-bond acceptors (Lipinski definition) is 7. The lowest BCUT2D eigenvalue weighted by Gasteiger charge is -2.26. The van der Waals surface area contributed by atoms with Crippen molar-refractivity contribution in [1.82, 2.24) is 25.4 Å². The Morgan fingerprint density at radius 1 is 1.21 bits per heavy atom. The molecule has 3 heterocycles. The van der Waals surface area contributed by atoms with Crippen LogP contribution in [0.5, 0.6) is 0 Å². The summed E-state index contributed by atoms with van der Waals surface area (Å²) in [6.45, 7) is 10.4. The summed E-state index contributed by atoms with van der Waals surface area (Å²) in [7, 11) is 1.57. The highest BCUT2D eigenvalue weighted by Gasteiger charge is 2.12. The summed E-state index contributed by atoms with van der Waals surface area (Å²) in [6.07, 6.45) is 3.11. The summed E-state index contributed by atoms with van der Waals surface area (Å²) >= 11 is 0. The SMILES string of the molecule is CCC.CNC(=O)c1nnc(Nc2ccc(CN3CCOCC3)cn2)cc1C.[HH].[HH]. The Balaban J connectivity index is 0.00000159. The first-order chi connectivity index (χ1) is 13.6. The number of amides is 1. The van der Waals surface area contributed by atoms with Crippen LogP contribution in [0.4, 0.5) is 11.6 Å². The molecule has 8 heteroatoms. The van der Waals surface area contributed by atoms with Crippen LogP contribution in [0.1, 0.15) is 44.7 Å². The van der Waals surface area contributed by atoms with E-state index in [0.717, 1.165) is 44.0 Å². The number of rotatable bonds is 5. The molecule has 0 unspecified atom stereocenters. The van der Waals surface area contributed by atoms with Gasteiger partial charge in [-0.15, -0.1) is 10.2 Å². The third kappa shape index (κ3) is 6.54. The molecule has 1 fully saturated rings. The van der Waals surface area contributed by atoms with Gasteiger partial charge >= 0.3 is 0 Å². The Morgan fingerprint density at radius 3 is 2.50 bits per heavy atom. The van der Waals surface area contributed by atoms with Gasteiger partial charge in [-0.1, -0.05) is 26.3 Å². The van der Waals surface area contributed by atoms with Gasteiger partial charge in [0, 0.05) is 35.7 Å². The van der Waals surface area contributed by atoms with E-state index in [9.17, 15) is 4.79 Å². The standard InChI is InChI=1S/C17H22N6O2.C3H8.2H2/c1-12-9-15(21-22-16(12)17(24)18-2)20-14-4-3-13(10-19-14)11-23-5-7-25-8-6-23;1-3-2;;/h3-4,9-10H,5-8,11H2,1-2H3,(H,18,24)(H,19,20,21);3H2,1-2H3;2*1H. The maximum Gasteiger partial charge on any atom is 0.271 e. The number of nitrogens with one attached hydrogen (secondary N) is 2. The molecule has 8 nitrogen and oxygen atoms in total. The van der Waals surface area contributed by atoms with Gasteiger partial charge in [0.1, 0.15) is 5.82 Å². The molecule has 2 N–H and O–H groups in total. The van der Waals surface area contributed by atoms with E-state index in [1.54, 1.807) is 13.1 Å². The van der Waals surface area contributed by atoms with E-state index in [2.05, 4.69) is 44.6 Å². The van der Waals surface area contributed by atoms with Crippen molar-refractivity contribution in [1.29, 1.82) is 0 Å². The Labute approximate surface area is 169 Å². The summed E-state index contributed by atoms with van der Waals surface area (Å²) < 4.78 is 5.36. The second-order valence-corrected chi connectivity index (χ2v) is 6.61. The number of morpholine rings is 1. The van der Waals surface area contributed by atoms with Crippen LogP contribution >= 0.6 is 0 Å². The summed E-state index contributed by atoms with van der Waals surface area (Å²) in [4.78, 5) is 18.4. The summed E-state index contributed by atoms with van der Waals surface area (Å²) in [5.74, 6) is 0.993. The van der Waals surface area contributed by atoms with Crippen molar-refractivity contribution in [2.75, 3.05) is 38.7 Å². The number of ether oxygens (including phenoxy) is 1. The summed E-state index contributed by atoms with van der Waals surface area (Å²) in [6, 6.07) is 5.74. The normalized spacial score (nSPS) is 14.0. The van der Waals surface area contributed by atoms with Crippen molar-refractivity contribution in [3.8, 4) is 0 Å². The first-order valence-corrected chi connectivity index (χ1v) is 9.65. The zero-order valence-electron chi connectivity index (χ0n) is 17.2. The van der Waals surface area contributed by atoms with Gasteiger partial charge in [-0.3, -0.25) is 9.69 Å². The highest BCUT2D eigenvalue weighted by molar-refractivity contribution is 5.93. The molecule has 0 aliphatic carbocycles. The van der Waals surface area contributed by atoms with E-state index in [4.69, 9.17) is 4.74 Å². The summed E-state index contributed by atoms with van der Waals surface area (Å²) in [5, 5.41) is 13.7. The predicted molar refractivity (Wildman–Crippen MR) is 114 cm³/mol. The smallest absolute Gasteiger partial charge is 0.271 e. The number of carbonyl (C=O) groups excluding carboxylic acids is 1. The lowest BCUT2D eigenvalue weighted by molar-refractivity contribution is 0.0341. The first-order valence-electron chi connectivity index (χ1n) is 9.65. The van der Waals surface area contributed by atoms with Gasteiger partial charge in [0.25, 0.3) is 5.91 Å². The van der Waals surface area contributed by atoms with Gasteiger partial charge in [0.2, 0.25) is 0 Å². The predicted octanol–water partition coefficient (Wildman–Crippen LogP) is 3.02. The van der Waals surface area contributed by atoms with Gasteiger partial charge in [0.05, 0.1) is 13.2 Å². The molecule has 3 rings (SSSR count). The van der Waals surface area contributed by atoms with Gasteiger partial charge in [-0.25, -0.2) is 4.98 Å². The van der Waals surface area contributed by atoms with E-state index >= 15 is 0 Å². The molecule has 0 radical (unpaired) electrons. The number of carbonyl (C=O) groups is 1. The van der Waals surface area contributed by atoms with Crippen molar-refractivity contribution in [2.45, 2.75) is 33.7 Å². The molecule has 1 aliphatic heterocycles. The molecule has 1 aliphatic rings. The van der Waals surface area contributed by atoms with Gasteiger partial charge in [-0.2, -0.15) is 0 Å². The molecule has 156 valence electrons. The number of anilines is 2. The quantitative estimate of drug-likeness (QED) is 0.810. The number of hydrogen-bond donors (Lipinski definition) is 2. The van der Waals surface area contributed by atoms with Crippen LogP contribution in [0, 0.1) is 6.92 Å². The molecular weight excluding hydrogens is 356 g/mol. The van der Waals surface area contributed by atoms with E-state index in [-0.39, 0.29) is 8.76 Å². The molecule has 0 bridgehead atoms. The largest absolute Gasteiger partial charge is 0.379 e. The van der Waals surface area contributed by atoms with Gasteiger partial charge < -0.3 is 15.4 Å². The van der Waals surface area contributed by atoms with E-state index < -0.39 is 0 Å². The average molecular weight is 391 g/mol. The summed E-state index contributed by atoms with van der Waals surface area (Å²) in [5.41, 5.74) is 2.23. The lowest BCUT2D eigenvalue weighted by Crippen LogP contribution is -2.35. The second kappa shape index (κ2) is 11.3. The minimum Gasteiger partial charge on any atom is -0.379 e. The van der Waals surface area contributed by atoms with Crippen molar-refractivity contribution < 1.29 is 12.4 Å². The third-order valence-electron chi connectivity index (χ3n) is 4.02. The molecular formula is C20H34N6O2. The fourth-order valence-corrected chi connectivity index (χ4v) is 2.63. The molecule has 28 heavy (non-hydrogen) atoms. The van der Waals surface area contributed by atoms with Crippen LogP contribution in [0.15, 0.2) is 24.4 Å². The minimum atomic E-state index is -0.248. The number of nitrogens with zero attached hydrogens (tertiary/aromatic N) is 4. The Hall–Kier alpha value is -2.58. The zero-order valence-corrected chi connectivity index (χ0v) is 17.2. The highest BCUT2D eigenvalue weighted by atomic mass is 16.5. The van der Waals surface area contributed by atoms with Crippen LogP contribution in [-0.4, -0.2) is 59.3 Å². The van der Waals surface area contributed by atoms with Crippen molar-refractivity contribution in [2.24, 2.45) is 0 Å². The van der Waals surface area contributed by atoms with Gasteiger partial charge in [-0.05, 0) is 30.2 Å². The fourth-order valence-electron chi connectivity index (χ4n) is 2.63. The minimum absolute atomic E-state index is 0. The van der Waals surface area contributed by atoms with E-state index in [1.165, 1.54) is 6.42 Å². The monoisotopic (exact) mass is 390 g/mol. The Bertz CT molecular complexity index is 755. The molecule has 0 aromatic carbocycles. The van der Waals surface area contributed by atoms with Crippen molar-refractivity contribution >= 4 is 17.5 Å². The van der Waals surface area contributed by atoms with E-state index in [0.29, 0.717) is 17.3 Å². The average Bonchev–Trinajstić information content (AvgIpc) is 2.70. The molecule has 2 aromatic heterocycles. The first kappa shape index (κ1) is 21.7. The van der Waals surface area contributed by atoms with Crippen LogP contribution in [0.2, 0.25) is 0 Å². The van der Waals surface area contributed by atoms with Crippen LogP contribution < -0.4 is 10.6 Å². The van der Waals surface area contributed by atoms with Crippen molar-refractivity contribution in [3.05, 3.63) is 41.2 Å². The topological polar surface area (TPSA) is 92.3 Å². The third-order valence-corrected chi connectivity index (χ3v) is 4.02. The van der Waals surface area contributed by atoms with Crippen LogP contribution in [0.3, 0.4) is 0 Å².